The molecule has 0 aliphatic carbocycles. The van der Waals surface area contributed by atoms with E-state index in [9.17, 15) is 4.79 Å². The van der Waals surface area contributed by atoms with Gasteiger partial charge in [0.05, 0.1) is 6.42 Å². The van der Waals surface area contributed by atoms with Crippen molar-refractivity contribution in [3.63, 3.8) is 0 Å². The molecule has 0 radical (unpaired) electrons. The highest BCUT2D eigenvalue weighted by Crippen LogP contribution is 2.29. The van der Waals surface area contributed by atoms with Gasteiger partial charge in [-0.05, 0) is 30.7 Å². The number of aliphatic hydroxyl groups is 1. The normalized spacial score (nSPS) is 11.5. The third-order valence-corrected chi connectivity index (χ3v) is 3.71. The van der Waals surface area contributed by atoms with Gasteiger partial charge in [-0.1, -0.05) is 13.8 Å². The summed E-state index contributed by atoms with van der Waals surface area (Å²) in [6.07, 6.45) is 4.59. The molecular weight excluding hydrogens is 230 g/mol. The van der Waals surface area contributed by atoms with Crippen LogP contribution in [0.4, 0.5) is 0 Å². The Bertz CT molecular complexity index is 345. The van der Waals surface area contributed by atoms with Crippen LogP contribution in [0.2, 0.25) is 0 Å². The fourth-order valence-corrected chi connectivity index (χ4v) is 2.08. The summed E-state index contributed by atoms with van der Waals surface area (Å²) in [6, 6.07) is 1.79. The molecule has 5 heteroatoms. The van der Waals surface area contributed by atoms with Crippen LogP contribution in [0.25, 0.3) is 0 Å². The van der Waals surface area contributed by atoms with Crippen LogP contribution in [0, 0.1) is 5.41 Å². The summed E-state index contributed by atoms with van der Waals surface area (Å²) < 4.78 is 0. The molecule has 0 aliphatic heterocycles. The fourth-order valence-electron chi connectivity index (χ4n) is 2.08. The summed E-state index contributed by atoms with van der Waals surface area (Å²) >= 11 is 0. The van der Waals surface area contributed by atoms with Gasteiger partial charge in [0.15, 0.2) is 0 Å². The van der Waals surface area contributed by atoms with Crippen LogP contribution >= 0.6 is 0 Å². The van der Waals surface area contributed by atoms with E-state index in [1.54, 1.807) is 12.3 Å². The lowest BCUT2D eigenvalue weighted by Crippen LogP contribution is -2.38. The van der Waals surface area contributed by atoms with E-state index in [2.05, 4.69) is 29.4 Å². The molecule has 3 N–H and O–H groups in total. The van der Waals surface area contributed by atoms with Gasteiger partial charge < -0.3 is 10.4 Å². The number of carbonyl (C=O) groups is 1. The van der Waals surface area contributed by atoms with Crippen molar-refractivity contribution in [3.05, 3.63) is 18.0 Å². The maximum atomic E-state index is 11.8. The summed E-state index contributed by atoms with van der Waals surface area (Å²) in [5, 5.41) is 18.6. The minimum atomic E-state index is -0.0107. The summed E-state index contributed by atoms with van der Waals surface area (Å²) in [5.74, 6) is -0.0107. The van der Waals surface area contributed by atoms with E-state index in [0.29, 0.717) is 13.0 Å². The van der Waals surface area contributed by atoms with Crippen molar-refractivity contribution in [1.82, 2.24) is 15.5 Å². The highest BCUT2D eigenvalue weighted by atomic mass is 16.3. The highest BCUT2D eigenvalue weighted by molar-refractivity contribution is 5.78. The molecule has 0 bridgehead atoms. The molecule has 1 heterocycles. The predicted octanol–water partition coefficient (Wildman–Crippen LogP) is 1.26. The number of hydrogen-bond donors (Lipinski definition) is 3. The average Bonchev–Trinajstić information content (AvgIpc) is 2.87. The first-order valence-electron chi connectivity index (χ1n) is 6.51. The molecular formula is C13H23N3O2. The second-order valence-corrected chi connectivity index (χ2v) is 4.72. The van der Waals surface area contributed by atoms with Gasteiger partial charge in [0, 0.05) is 25.0 Å². The van der Waals surface area contributed by atoms with Crippen molar-refractivity contribution in [3.8, 4) is 0 Å². The largest absolute Gasteiger partial charge is 0.396 e. The van der Waals surface area contributed by atoms with E-state index >= 15 is 0 Å². The maximum Gasteiger partial charge on any atom is 0.226 e. The summed E-state index contributed by atoms with van der Waals surface area (Å²) in [6.45, 7) is 4.98. The van der Waals surface area contributed by atoms with Gasteiger partial charge in [-0.25, -0.2) is 0 Å². The van der Waals surface area contributed by atoms with Gasteiger partial charge >= 0.3 is 0 Å². The van der Waals surface area contributed by atoms with Crippen molar-refractivity contribution in [2.24, 2.45) is 5.41 Å². The van der Waals surface area contributed by atoms with E-state index in [4.69, 9.17) is 5.11 Å². The van der Waals surface area contributed by atoms with E-state index in [1.807, 2.05) is 0 Å². The minimum absolute atomic E-state index is 0.0107. The summed E-state index contributed by atoms with van der Waals surface area (Å²) in [5.41, 5.74) is 0.825. The smallest absolute Gasteiger partial charge is 0.226 e. The van der Waals surface area contributed by atoms with Gasteiger partial charge in [0.1, 0.15) is 0 Å². The van der Waals surface area contributed by atoms with Crippen LogP contribution < -0.4 is 5.32 Å². The molecule has 0 saturated heterocycles. The van der Waals surface area contributed by atoms with Crippen molar-refractivity contribution >= 4 is 5.91 Å². The number of amides is 1. The average molecular weight is 253 g/mol. The maximum absolute atomic E-state index is 11.8. The fraction of sp³-hybridized carbons (Fsp3) is 0.692. The van der Waals surface area contributed by atoms with Gasteiger partial charge in [-0.2, -0.15) is 5.10 Å². The molecule has 0 aromatic carbocycles. The predicted molar refractivity (Wildman–Crippen MR) is 70.0 cm³/mol. The van der Waals surface area contributed by atoms with Crippen LogP contribution in [0.3, 0.4) is 0 Å². The third kappa shape index (κ3) is 4.14. The number of aliphatic hydroxyl groups excluding tert-OH is 1. The van der Waals surface area contributed by atoms with Crippen molar-refractivity contribution in [1.29, 1.82) is 0 Å². The van der Waals surface area contributed by atoms with Crippen LogP contribution in [-0.2, 0) is 11.2 Å². The zero-order valence-corrected chi connectivity index (χ0v) is 11.2. The van der Waals surface area contributed by atoms with Crippen LogP contribution in [0.1, 0.15) is 38.8 Å². The van der Waals surface area contributed by atoms with E-state index in [1.165, 1.54) is 0 Å². The second-order valence-electron chi connectivity index (χ2n) is 4.72. The molecule has 0 spiro atoms. The monoisotopic (exact) mass is 253 g/mol. The van der Waals surface area contributed by atoms with Gasteiger partial charge in [0.2, 0.25) is 5.91 Å². The SMILES string of the molecule is CCC(CC)(CCO)CNC(=O)Cc1ccn[nH]1. The first-order chi connectivity index (χ1) is 8.65. The zero-order valence-electron chi connectivity index (χ0n) is 11.2. The van der Waals surface area contributed by atoms with Crippen molar-refractivity contribution in [2.45, 2.75) is 39.5 Å². The Morgan fingerprint density at radius 1 is 1.50 bits per heavy atom. The van der Waals surface area contributed by atoms with E-state index in [-0.39, 0.29) is 17.9 Å². The molecule has 1 amide bonds. The Labute approximate surface area is 108 Å². The zero-order chi connectivity index (χ0) is 13.4. The number of nitrogens with one attached hydrogen (secondary N) is 2. The number of aromatic nitrogens is 2. The molecule has 5 nitrogen and oxygen atoms in total. The molecule has 0 saturated carbocycles. The van der Waals surface area contributed by atoms with Crippen LogP contribution in [0.15, 0.2) is 12.3 Å². The molecule has 1 rings (SSSR count). The van der Waals surface area contributed by atoms with Gasteiger partial charge in [-0.15, -0.1) is 0 Å². The number of hydrogen-bond acceptors (Lipinski definition) is 3. The lowest BCUT2D eigenvalue weighted by molar-refractivity contribution is -0.121. The van der Waals surface area contributed by atoms with Gasteiger partial charge in [-0.3, -0.25) is 9.89 Å². The Hall–Kier alpha value is -1.36. The number of nitrogens with zero attached hydrogens (tertiary/aromatic N) is 1. The quantitative estimate of drug-likeness (QED) is 0.652. The summed E-state index contributed by atoms with van der Waals surface area (Å²) in [4.78, 5) is 11.8. The molecule has 0 unspecified atom stereocenters. The van der Waals surface area contributed by atoms with Gasteiger partial charge in [0.25, 0.3) is 0 Å². The Balaban J connectivity index is 2.44. The second kappa shape index (κ2) is 7.16. The number of H-pyrrole nitrogens is 1. The standard InChI is InChI=1S/C13H23N3O2/c1-3-13(4-2,6-8-17)10-14-12(18)9-11-5-7-15-16-11/h5,7,17H,3-4,6,8-10H2,1-2H3,(H,14,18)(H,15,16). The Morgan fingerprint density at radius 3 is 2.72 bits per heavy atom. The first kappa shape index (κ1) is 14.7. The molecule has 0 atom stereocenters. The van der Waals surface area contributed by atoms with E-state index in [0.717, 1.165) is 25.0 Å². The molecule has 1 aromatic heterocycles. The molecule has 18 heavy (non-hydrogen) atoms. The van der Waals surface area contributed by atoms with E-state index < -0.39 is 0 Å². The number of rotatable bonds is 8. The number of aromatic amines is 1. The minimum Gasteiger partial charge on any atom is -0.396 e. The van der Waals surface area contributed by atoms with Crippen LogP contribution in [0.5, 0.6) is 0 Å². The molecule has 1 aromatic rings. The number of carbonyl (C=O) groups excluding carboxylic acids is 1. The topological polar surface area (TPSA) is 78.0 Å². The first-order valence-corrected chi connectivity index (χ1v) is 6.51. The van der Waals surface area contributed by atoms with Crippen molar-refractivity contribution < 1.29 is 9.90 Å². The molecule has 102 valence electrons. The third-order valence-electron chi connectivity index (χ3n) is 3.71. The highest BCUT2D eigenvalue weighted by Gasteiger charge is 2.26. The Kier molecular flexibility index (Phi) is 5.85. The lowest BCUT2D eigenvalue weighted by atomic mass is 9.79. The Morgan fingerprint density at radius 2 is 2.22 bits per heavy atom. The lowest BCUT2D eigenvalue weighted by Gasteiger charge is -2.31. The van der Waals surface area contributed by atoms with Crippen molar-refractivity contribution in [2.75, 3.05) is 13.2 Å². The summed E-state index contributed by atoms with van der Waals surface area (Å²) in [7, 11) is 0. The molecule has 0 fully saturated rings. The van der Waals surface area contributed by atoms with Crippen LogP contribution in [-0.4, -0.2) is 34.4 Å². The molecule has 0 aliphatic rings.